The average molecular weight is 519 g/mol. The maximum absolute atomic E-state index is 6.53. The van der Waals surface area contributed by atoms with Crippen molar-refractivity contribution >= 4 is 34.6 Å². The van der Waals surface area contributed by atoms with E-state index in [1.165, 1.54) is 0 Å². The summed E-state index contributed by atoms with van der Waals surface area (Å²) in [6.45, 7) is 4.26. The molecule has 0 amide bonds. The van der Waals surface area contributed by atoms with E-state index in [-0.39, 0.29) is 12.1 Å². The molecule has 0 bridgehead atoms. The van der Waals surface area contributed by atoms with Crippen molar-refractivity contribution in [2.24, 2.45) is 0 Å². The second-order valence-corrected chi connectivity index (χ2v) is 9.47. The van der Waals surface area contributed by atoms with Gasteiger partial charge in [-0.15, -0.1) is 0 Å². The Bertz CT molecular complexity index is 1410. The monoisotopic (exact) mass is 518 g/mol. The normalized spacial score (nSPS) is 17.2. The second-order valence-electron chi connectivity index (χ2n) is 8.68. The van der Waals surface area contributed by atoms with Crippen molar-refractivity contribution in [3.63, 3.8) is 0 Å². The van der Waals surface area contributed by atoms with E-state index >= 15 is 0 Å². The molecule has 1 saturated heterocycles. The number of halogens is 1. The summed E-state index contributed by atoms with van der Waals surface area (Å²) in [7, 11) is 3.28. The number of thiocarbonyl (C=S) groups is 1. The smallest absolute Gasteiger partial charge is 0.174 e. The Morgan fingerprint density at radius 2 is 1.69 bits per heavy atom. The third-order valence-corrected chi connectivity index (χ3v) is 7.24. The summed E-state index contributed by atoms with van der Waals surface area (Å²) in [5.41, 5.74) is 6.27. The summed E-state index contributed by atoms with van der Waals surface area (Å²) in [4.78, 5) is 6.79. The van der Waals surface area contributed by atoms with Crippen molar-refractivity contribution in [2.45, 2.75) is 25.9 Å². The summed E-state index contributed by atoms with van der Waals surface area (Å²) >= 11 is 12.4. The van der Waals surface area contributed by atoms with E-state index in [1.54, 1.807) is 14.2 Å². The van der Waals surface area contributed by atoms with E-state index in [0.717, 1.165) is 39.8 Å². The largest absolute Gasteiger partial charge is 0.497 e. The molecule has 1 aliphatic heterocycles. The zero-order valence-electron chi connectivity index (χ0n) is 20.5. The van der Waals surface area contributed by atoms with Crippen molar-refractivity contribution in [1.82, 2.24) is 14.9 Å². The second kappa shape index (κ2) is 9.84. The highest BCUT2D eigenvalue weighted by atomic mass is 35.5. The minimum atomic E-state index is -0.149. The van der Waals surface area contributed by atoms with E-state index in [4.69, 9.17) is 33.3 Å². The van der Waals surface area contributed by atoms with Crippen molar-refractivity contribution in [1.29, 1.82) is 0 Å². The summed E-state index contributed by atoms with van der Waals surface area (Å²) in [5.74, 6) is 1.44. The molecule has 2 aromatic heterocycles. The molecule has 36 heavy (non-hydrogen) atoms. The summed E-state index contributed by atoms with van der Waals surface area (Å²) in [5, 5.41) is 4.67. The van der Waals surface area contributed by atoms with Gasteiger partial charge < -0.3 is 24.3 Å². The lowest BCUT2D eigenvalue weighted by Crippen LogP contribution is -2.29. The van der Waals surface area contributed by atoms with Gasteiger partial charge >= 0.3 is 0 Å². The van der Waals surface area contributed by atoms with Crippen LogP contribution in [0.3, 0.4) is 0 Å². The lowest BCUT2D eigenvalue weighted by atomic mass is 9.96. The maximum Gasteiger partial charge on any atom is 0.174 e. The van der Waals surface area contributed by atoms with Gasteiger partial charge in [0.25, 0.3) is 0 Å². The van der Waals surface area contributed by atoms with Crippen LogP contribution < -0.4 is 19.7 Å². The Morgan fingerprint density at radius 3 is 2.33 bits per heavy atom. The fourth-order valence-corrected chi connectivity index (χ4v) is 5.57. The summed E-state index contributed by atoms with van der Waals surface area (Å²) < 4.78 is 13.0. The topological polar surface area (TPSA) is 51.5 Å². The van der Waals surface area contributed by atoms with Crippen molar-refractivity contribution < 1.29 is 9.47 Å². The van der Waals surface area contributed by atoms with Gasteiger partial charge in [-0.1, -0.05) is 17.7 Å². The SMILES string of the molecule is COc1ccc(-n2c(C)cc(C3C(c4ccccn4)NC(=S)N3c3ccc(OC)c(Cl)c3)c2C)cc1. The first kappa shape index (κ1) is 24.2. The minimum absolute atomic E-state index is 0.143. The van der Waals surface area contributed by atoms with E-state index in [0.29, 0.717) is 15.9 Å². The molecule has 2 unspecified atom stereocenters. The van der Waals surface area contributed by atoms with Crippen LogP contribution in [0, 0.1) is 13.8 Å². The molecule has 0 aliphatic carbocycles. The van der Waals surface area contributed by atoms with Crippen LogP contribution in [0.4, 0.5) is 5.69 Å². The Labute approximate surface area is 221 Å². The number of nitrogens with zero attached hydrogens (tertiary/aromatic N) is 3. The number of hydrogen-bond donors (Lipinski definition) is 1. The first-order valence-electron chi connectivity index (χ1n) is 11.6. The molecule has 1 fully saturated rings. The quantitative estimate of drug-likeness (QED) is 0.301. The van der Waals surface area contributed by atoms with E-state index in [2.05, 4.69) is 51.8 Å². The summed E-state index contributed by atoms with van der Waals surface area (Å²) in [6, 6.07) is 21.7. The molecule has 6 nitrogen and oxygen atoms in total. The first-order valence-corrected chi connectivity index (χ1v) is 12.4. The number of aromatic nitrogens is 2. The third-order valence-electron chi connectivity index (χ3n) is 6.63. The molecule has 5 rings (SSSR count). The number of benzene rings is 2. The predicted molar refractivity (Wildman–Crippen MR) is 148 cm³/mol. The highest BCUT2D eigenvalue weighted by Crippen LogP contribution is 2.45. The molecule has 1 N–H and O–H groups in total. The number of nitrogens with one attached hydrogen (secondary N) is 1. The molecule has 1 aliphatic rings. The molecule has 4 aromatic rings. The van der Waals surface area contributed by atoms with Crippen LogP contribution in [0.5, 0.6) is 11.5 Å². The predicted octanol–water partition coefficient (Wildman–Crippen LogP) is 6.34. The molecule has 3 heterocycles. The van der Waals surface area contributed by atoms with Crippen LogP contribution >= 0.6 is 23.8 Å². The highest BCUT2D eigenvalue weighted by Gasteiger charge is 2.42. The van der Waals surface area contributed by atoms with Crippen LogP contribution in [-0.4, -0.2) is 28.9 Å². The standard InChI is InChI=1S/C28H27ClN4O2S/c1-17-15-22(18(2)32(17)19-8-11-21(34-3)12-9-19)27-26(24-7-5-6-14-30-24)31-28(36)33(27)20-10-13-25(35-4)23(29)16-20/h5-16,26-27H,1-4H3,(H,31,36). The number of rotatable bonds is 6. The Kier molecular flexibility index (Phi) is 6.60. The Hall–Kier alpha value is -3.55. The number of ether oxygens (including phenoxy) is 2. The number of aryl methyl sites for hydroxylation is 1. The molecule has 0 spiro atoms. The maximum atomic E-state index is 6.53. The zero-order chi connectivity index (χ0) is 25.4. The van der Waals surface area contributed by atoms with Gasteiger partial charge in [-0.25, -0.2) is 0 Å². The van der Waals surface area contributed by atoms with Crippen LogP contribution in [-0.2, 0) is 0 Å². The van der Waals surface area contributed by atoms with Gasteiger partial charge in [0.15, 0.2) is 5.11 Å². The average Bonchev–Trinajstić information content (AvgIpc) is 3.39. The van der Waals surface area contributed by atoms with E-state index in [1.807, 2.05) is 54.7 Å². The summed E-state index contributed by atoms with van der Waals surface area (Å²) in [6.07, 6.45) is 1.81. The van der Waals surface area contributed by atoms with Gasteiger partial charge in [0.1, 0.15) is 11.5 Å². The van der Waals surface area contributed by atoms with Gasteiger partial charge in [0, 0.05) is 29.0 Å². The molecular formula is C28H27ClN4O2S. The Balaban J connectivity index is 1.66. The van der Waals surface area contributed by atoms with Gasteiger partial charge in [-0.3, -0.25) is 4.98 Å². The highest BCUT2D eigenvalue weighted by molar-refractivity contribution is 7.80. The molecule has 0 radical (unpaired) electrons. The molecule has 2 aromatic carbocycles. The zero-order valence-corrected chi connectivity index (χ0v) is 22.1. The number of hydrogen-bond acceptors (Lipinski definition) is 4. The minimum Gasteiger partial charge on any atom is -0.497 e. The van der Waals surface area contributed by atoms with E-state index in [9.17, 15) is 0 Å². The van der Waals surface area contributed by atoms with Crippen molar-refractivity contribution in [2.75, 3.05) is 19.1 Å². The first-order chi connectivity index (χ1) is 17.4. The van der Waals surface area contributed by atoms with Gasteiger partial charge in [0.05, 0.1) is 37.0 Å². The number of methoxy groups -OCH3 is 2. The van der Waals surface area contributed by atoms with Gasteiger partial charge in [-0.2, -0.15) is 0 Å². The lowest BCUT2D eigenvalue weighted by molar-refractivity contribution is 0.414. The van der Waals surface area contributed by atoms with Crippen molar-refractivity contribution in [3.05, 3.63) is 101 Å². The fraction of sp³-hybridized carbons (Fsp3) is 0.214. The third kappa shape index (κ3) is 4.18. The molecular weight excluding hydrogens is 492 g/mol. The van der Waals surface area contributed by atoms with Crippen LogP contribution in [0.15, 0.2) is 72.9 Å². The van der Waals surface area contributed by atoms with Crippen LogP contribution in [0.1, 0.15) is 34.7 Å². The number of pyridine rings is 1. The van der Waals surface area contributed by atoms with E-state index < -0.39 is 0 Å². The molecule has 8 heteroatoms. The fourth-order valence-electron chi connectivity index (χ4n) is 4.97. The lowest BCUT2D eigenvalue weighted by Gasteiger charge is -2.28. The van der Waals surface area contributed by atoms with Gasteiger partial charge in [-0.05, 0) is 92.3 Å². The molecule has 2 atom stereocenters. The van der Waals surface area contributed by atoms with Crippen LogP contribution in [0.25, 0.3) is 5.69 Å². The van der Waals surface area contributed by atoms with Gasteiger partial charge in [0.2, 0.25) is 0 Å². The molecule has 184 valence electrons. The van der Waals surface area contributed by atoms with Crippen molar-refractivity contribution in [3.8, 4) is 17.2 Å². The van der Waals surface area contributed by atoms with Crippen LogP contribution in [0.2, 0.25) is 5.02 Å². The number of anilines is 1. The molecule has 0 saturated carbocycles. The Morgan fingerprint density at radius 1 is 0.944 bits per heavy atom.